The quantitative estimate of drug-likeness (QED) is 0.786. The Bertz CT molecular complexity index is 307. The van der Waals surface area contributed by atoms with E-state index in [1.54, 1.807) is 18.4 Å². The molecule has 1 aromatic rings. The van der Waals surface area contributed by atoms with Gasteiger partial charge in [0.25, 0.3) is 0 Å². The van der Waals surface area contributed by atoms with Crippen molar-refractivity contribution in [3.05, 3.63) is 24.2 Å². The second-order valence-electron chi connectivity index (χ2n) is 4.78. The van der Waals surface area contributed by atoms with Crippen LogP contribution in [-0.2, 0) is 0 Å². The first kappa shape index (κ1) is 12.6. The molecule has 1 saturated heterocycles. The van der Waals surface area contributed by atoms with Crippen LogP contribution in [0.2, 0.25) is 0 Å². The van der Waals surface area contributed by atoms with Crippen LogP contribution in [0.5, 0.6) is 0 Å². The summed E-state index contributed by atoms with van der Waals surface area (Å²) in [4.78, 5) is 2.49. The van der Waals surface area contributed by atoms with Crippen LogP contribution in [-0.4, -0.2) is 42.2 Å². The lowest BCUT2D eigenvalue weighted by Gasteiger charge is -2.24. The average Bonchev–Trinajstić information content (AvgIpc) is 3.02. The number of aliphatic hydroxyl groups excluding tert-OH is 1. The van der Waals surface area contributed by atoms with Crippen molar-refractivity contribution in [2.45, 2.75) is 31.9 Å². The first-order chi connectivity index (χ1) is 8.27. The molecular weight excluding hydrogens is 216 g/mol. The molecule has 1 aliphatic rings. The fourth-order valence-electron chi connectivity index (χ4n) is 2.32. The Balaban J connectivity index is 1.65. The summed E-state index contributed by atoms with van der Waals surface area (Å²) < 4.78 is 5.15. The van der Waals surface area contributed by atoms with Crippen molar-refractivity contribution in [2.75, 3.05) is 26.2 Å². The Hall–Kier alpha value is -0.840. The number of hydrogen-bond acceptors (Lipinski definition) is 4. The van der Waals surface area contributed by atoms with Gasteiger partial charge in [-0.25, -0.2) is 0 Å². The summed E-state index contributed by atoms with van der Waals surface area (Å²) in [5.41, 5.74) is 0. The summed E-state index contributed by atoms with van der Waals surface area (Å²) in [6, 6.07) is 4.14. The van der Waals surface area contributed by atoms with Crippen molar-refractivity contribution >= 4 is 0 Å². The highest BCUT2D eigenvalue weighted by molar-refractivity contribution is 5.02. The maximum Gasteiger partial charge on any atom is 0.133 e. The smallest absolute Gasteiger partial charge is 0.133 e. The largest absolute Gasteiger partial charge is 0.467 e. The van der Waals surface area contributed by atoms with Crippen molar-refractivity contribution in [1.29, 1.82) is 0 Å². The molecule has 2 unspecified atom stereocenters. The van der Waals surface area contributed by atoms with Crippen molar-refractivity contribution in [1.82, 2.24) is 10.2 Å². The third-order valence-corrected chi connectivity index (χ3v) is 3.41. The van der Waals surface area contributed by atoms with E-state index in [9.17, 15) is 5.11 Å². The molecule has 0 aromatic carbocycles. The van der Waals surface area contributed by atoms with Crippen LogP contribution >= 0.6 is 0 Å². The Morgan fingerprint density at radius 1 is 1.41 bits per heavy atom. The van der Waals surface area contributed by atoms with Gasteiger partial charge in [-0.1, -0.05) is 0 Å². The fourth-order valence-corrected chi connectivity index (χ4v) is 2.32. The van der Waals surface area contributed by atoms with E-state index in [4.69, 9.17) is 4.42 Å². The van der Waals surface area contributed by atoms with E-state index < -0.39 is 6.10 Å². The van der Waals surface area contributed by atoms with Crippen LogP contribution in [0.25, 0.3) is 0 Å². The van der Waals surface area contributed by atoms with Crippen LogP contribution in [0, 0.1) is 0 Å². The Labute approximate surface area is 103 Å². The zero-order valence-corrected chi connectivity index (χ0v) is 10.4. The van der Waals surface area contributed by atoms with Crippen molar-refractivity contribution in [3.63, 3.8) is 0 Å². The number of nitrogens with one attached hydrogen (secondary N) is 1. The van der Waals surface area contributed by atoms with Gasteiger partial charge in [-0.3, -0.25) is 4.90 Å². The van der Waals surface area contributed by atoms with Crippen molar-refractivity contribution in [3.8, 4) is 0 Å². The first-order valence-electron chi connectivity index (χ1n) is 6.43. The number of hydrogen-bond donors (Lipinski definition) is 2. The van der Waals surface area contributed by atoms with Gasteiger partial charge in [0, 0.05) is 19.1 Å². The molecule has 0 bridgehead atoms. The van der Waals surface area contributed by atoms with E-state index in [-0.39, 0.29) is 0 Å². The molecule has 0 saturated carbocycles. The number of rotatable bonds is 6. The molecule has 0 aliphatic carbocycles. The summed E-state index contributed by atoms with van der Waals surface area (Å²) >= 11 is 0. The molecule has 4 nitrogen and oxygen atoms in total. The normalized spacial score (nSPS) is 20.6. The lowest BCUT2D eigenvalue weighted by Crippen LogP contribution is -2.39. The molecule has 96 valence electrons. The molecular formula is C13H22N2O2. The monoisotopic (exact) mass is 238 g/mol. The fraction of sp³-hybridized carbons (Fsp3) is 0.692. The van der Waals surface area contributed by atoms with Gasteiger partial charge in [-0.2, -0.15) is 0 Å². The van der Waals surface area contributed by atoms with Gasteiger partial charge >= 0.3 is 0 Å². The van der Waals surface area contributed by atoms with E-state index in [2.05, 4.69) is 17.1 Å². The topological polar surface area (TPSA) is 48.6 Å². The molecule has 2 atom stereocenters. The number of furan rings is 1. The van der Waals surface area contributed by atoms with E-state index in [0.717, 1.165) is 6.54 Å². The van der Waals surface area contributed by atoms with Gasteiger partial charge in [0.1, 0.15) is 11.9 Å². The molecule has 2 rings (SSSR count). The van der Waals surface area contributed by atoms with E-state index in [1.807, 2.05) is 0 Å². The van der Waals surface area contributed by atoms with Crippen LogP contribution in [0.4, 0.5) is 0 Å². The Morgan fingerprint density at radius 3 is 2.82 bits per heavy atom. The zero-order valence-electron chi connectivity index (χ0n) is 10.4. The molecule has 0 spiro atoms. The molecule has 17 heavy (non-hydrogen) atoms. The molecule has 1 fully saturated rings. The van der Waals surface area contributed by atoms with E-state index in [1.165, 1.54) is 25.9 Å². The minimum Gasteiger partial charge on any atom is -0.467 e. The Morgan fingerprint density at radius 2 is 2.18 bits per heavy atom. The maximum absolute atomic E-state index is 9.82. The number of aliphatic hydroxyl groups is 1. The van der Waals surface area contributed by atoms with E-state index in [0.29, 0.717) is 18.3 Å². The predicted octanol–water partition coefficient (Wildman–Crippen LogP) is 1.39. The molecule has 2 heterocycles. The SMILES string of the molecule is CC(CNCC(O)c1ccco1)N1CCCC1. The third kappa shape index (κ3) is 3.56. The highest BCUT2D eigenvalue weighted by Gasteiger charge is 2.18. The highest BCUT2D eigenvalue weighted by atomic mass is 16.4. The molecule has 4 heteroatoms. The van der Waals surface area contributed by atoms with Gasteiger partial charge in [0.2, 0.25) is 0 Å². The second kappa shape index (κ2) is 6.19. The third-order valence-electron chi connectivity index (χ3n) is 3.41. The van der Waals surface area contributed by atoms with Crippen LogP contribution < -0.4 is 5.32 Å². The first-order valence-corrected chi connectivity index (χ1v) is 6.43. The number of nitrogens with zero attached hydrogens (tertiary/aromatic N) is 1. The minimum absolute atomic E-state index is 0.543. The summed E-state index contributed by atoms with van der Waals surface area (Å²) in [6.07, 6.45) is 3.68. The van der Waals surface area contributed by atoms with Crippen molar-refractivity contribution < 1.29 is 9.52 Å². The predicted molar refractivity (Wildman–Crippen MR) is 66.8 cm³/mol. The summed E-state index contributed by atoms with van der Waals surface area (Å²) in [5, 5.41) is 13.1. The second-order valence-corrected chi connectivity index (χ2v) is 4.78. The van der Waals surface area contributed by atoms with Gasteiger partial charge < -0.3 is 14.8 Å². The Kier molecular flexibility index (Phi) is 4.59. The molecule has 0 radical (unpaired) electrons. The number of likely N-dealkylation sites (tertiary alicyclic amines) is 1. The standard InChI is InChI=1S/C13H22N2O2/c1-11(15-6-2-3-7-15)9-14-10-12(16)13-5-4-8-17-13/h4-5,8,11-12,14,16H,2-3,6-7,9-10H2,1H3. The van der Waals surface area contributed by atoms with Crippen LogP contribution in [0.1, 0.15) is 31.6 Å². The van der Waals surface area contributed by atoms with Crippen LogP contribution in [0.15, 0.2) is 22.8 Å². The molecule has 2 N–H and O–H groups in total. The maximum atomic E-state index is 9.82. The lowest BCUT2D eigenvalue weighted by molar-refractivity contribution is 0.143. The average molecular weight is 238 g/mol. The minimum atomic E-state index is -0.546. The van der Waals surface area contributed by atoms with E-state index >= 15 is 0 Å². The van der Waals surface area contributed by atoms with Crippen LogP contribution in [0.3, 0.4) is 0 Å². The van der Waals surface area contributed by atoms with Gasteiger partial charge in [-0.05, 0) is 45.0 Å². The summed E-state index contributed by atoms with van der Waals surface area (Å²) in [5.74, 6) is 0.631. The molecule has 1 aliphatic heterocycles. The lowest BCUT2D eigenvalue weighted by atomic mass is 10.2. The molecule has 1 aromatic heterocycles. The highest BCUT2D eigenvalue weighted by Crippen LogP contribution is 2.13. The zero-order chi connectivity index (χ0) is 12.1. The molecule has 0 amide bonds. The van der Waals surface area contributed by atoms with Gasteiger partial charge in [-0.15, -0.1) is 0 Å². The van der Waals surface area contributed by atoms with Gasteiger partial charge in [0.05, 0.1) is 6.26 Å². The summed E-state index contributed by atoms with van der Waals surface area (Å²) in [6.45, 7) is 6.12. The van der Waals surface area contributed by atoms with Crippen molar-refractivity contribution in [2.24, 2.45) is 0 Å². The van der Waals surface area contributed by atoms with Gasteiger partial charge in [0.15, 0.2) is 0 Å². The summed E-state index contributed by atoms with van der Waals surface area (Å²) in [7, 11) is 0.